The molecule has 1 aliphatic rings. The van der Waals surface area contributed by atoms with Crippen LogP contribution in [0.5, 0.6) is 0 Å². The van der Waals surface area contributed by atoms with Crippen molar-refractivity contribution in [2.24, 2.45) is 0 Å². The highest BCUT2D eigenvalue weighted by Gasteiger charge is 2.32. The summed E-state index contributed by atoms with van der Waals surface area (Å²) in [4.78, 5) is 18.8. The highest BCUT2D eigenvalue weighted by Crippen LogP contribution is 2.27. The van der Waals surface area contributed by atoms with Crippen LogP contribution in [0.3, 0.4) is 0 Å². The van der Waals surface area contributed by atoms with Crippen molar-refractivity contribution < 1.29 is 22.7 Å². The molecule has 1 aromatic rings. The molecule has 1 amide bonds. The molecule has 0 saturated carbocycles. The van der Waals surface area contributed by atoms with E-state index in [0.29, 0.717) is 19.8 Å². The summed E-state index contributed by atoms with van der Waals surface area (Å²) < 4.78 is 42.6. The number of morpholine rings is 1. The van der Waals surface area contributed by atoms with Crippen molar-refractivity contribution in [1.82, 2.24) is 20.6 Å². The van der Waals surface area contributed by atoms with E-state index in [4.69, 9.17) is 4.74 Å². The number of anilines is 1. The number of amides is 1. The Morgan fingerprint density at radius 1 is 1.43 bits per heavy atom. The zero-order chi connectivity index (χ0) is 16.0. The van der Waals surface area contributed by atoms with Crippen LogP contribution in [-0.4, -0.2) is 54.8 Å². The van der Waals surface area contributed by atoms with Crippen LogP contribution >= 0.6 is 12.4 Å². The summed E-state index contributed by atoms with van der Waals surface area (Å²) in [6.07, 6.45) is -3.49. The number of carbonyl (C=O) groups excluding carboxylic acids is 1. The first-order chi connectivity index (χ1) is 10.5. The first kappa shape index (κ1) is 19.4. The summed E-state index contributed by atoms with van der Waals surface area (Å²) in [5.41, 5.74) is -1.02. The zero-order valence-electron chi connectivity index (χ0n) is 12.0. The SMILES string of the molecule is Cl.O=C(NCCNc1nccc(C(F)(F)F)n1)C1COCCN1. The number of nitrogens with zero attached hydrogens (tertiary/aromatic N) is 2. The Morgan fingerprint density at radius 3 is 2.87 bits per heavy atom. The molecule has 1 aliphatic heterocycles. The number of nitrogens with one attached hydrogen (secondary N) is 3. The standard InChI is InChI=1S/C12H16F3N5O2.ClH/c13-12(14,15)9-1-2-18-11(20-9)19-4-3-17-10(21)8-7-22-6-5-16-8;/h1-2,8,16H,3-7H2,(H,17,21)(H,18,19,20);1H. The molecule has 0 radical (unpaired) electrons. The fourth-order valence-corrected chi connectivity index (χ4v) is 1.82. The fourth-order valence-electron chi connectivity index (χ4n) is 1.82. The molecule has 0 aromatic carbocycles. The van der Waals surface area contributed by atoms with Gasteiger partial charge in [0.05, 0.1) is 13.2 Å². The van der Waals surface area contributed by atoms with E-state index in [1.807, 2.05) is 0 Å². The molecule has 3 N–H and O–H groups in total. The molecule has 2 rings (SSSR count). The van der Waals surface area contributed by atoms with Crippen molar-refractivity contribution >= 4 is 24.3 Å². The molecule has 0 aliphatic carbocycles. The first-order valence-electron chi connectivity index (χ1n) is 6.70. The summed E-state index contributed by atoms with van der Waals surface area (Å²) in [6, 6.07) is 0.389. The van der Waals surface area contributed by atoms with Gasteiger partial charge in [0, 0.05) is 25.8 Å². The van der Waals surface area contributed by atoms with E-state index in [1.165, 1.54) is 0 Å². The second-order valence-corrected chi connectivity index (χ2v) is 4.56. The van der Waals surface area contributed by atoms with Gasteiger partial charge in [-0.15, -0.1) is 12.4 Å². The van der Waals surface area contributed by atoms with Crippen LogP contribution in [0, 0.1) is 0 Å². The van der Waals surface area contributed by atoms with Gasteiger partial charge in [-0.2, -0.15) is 13.2 Å². The number of halogens is 4. The van der Waals surface area contributed by atoms with Gasteiger partial charge in [0.2, 0.25) is 11.9 Å². The Kier molecular flexibility index (Phi) is 7.46. The second-order valence-electron chi connectivity index (χ2n) is 4.56. The van der Waals surface area contributed by atoms with Crippen LogP contribution < -0.4 is 16.0 Å². The van der Waals surface area contributed by atoms with Crippen LogP contribution in [-0.2, 0) is 15.7 Å². The van der Waals surface area contributed by atoms with Crippen molar-refractivity contribution in [3.05, 3.63) is 18.0 Å². The largest absolute Gasteiger partial charge is 0.433 e. The normalized spacial score (nSPS) is 18.0. The van der Waals surface area contributed by atoms with Crippen LogP contribution in [0.4, 0.5) is 19.1 Å². The predicted octanol–water partition coefficient (Wildman–Crippen LogP) is 0.434. The van der Waals surface area contributed by atoms with Crippen molar-refractivity contribution in [3.63, 3.8) is 0 Å². The number of ether oxygens (including phenoxy) is 1. The Labute approximate surface area is 136 Å². The third-order valence-electron chi connectivity index (χ3n) is 2.89. The Hall–Kier alpha value is -1.65. The average molecular weight is 356 g/mol. The predicted molar refractivity (Wildman–Crippen MR) is 78.4 cm³/mol. The topological polar surface area (TPSA) is 88.2 Å². The van der Waals surface area contributed by atoms with Crippen molar-refractivity contribution in [2.45, 2.75) is 12.2 Å². The maximum absolute atomic E-state index is 12.5. The van der Waals surface area contributed by atoms with Gasteiger partial charge >= 0.3 is 6.18 Å². The molecule has 0 spiro atoms. The van der Waals surface area contributed by atoms with Gasteiger partial charge in [0.15, 0.2) is 0 Å². The van der Waals surface area contributed by atoms with Gasteiger partial charge in [-0.25, -0.2) is 9.97 Å². The molecule has 1 unspecified atom stereocenters. The van der Waals surface area contributed by atoms with E-state index in [0.717, 1.165) is 12.3 Å². The quantitative estimate of drug-likeness (QED) is 0.664. The lowest BCUT2D eigenvalue weighted by atomic mass is 10.2. The number of aromatic nitrogens is 2. The van der Waals surface area contributed by atoms with Gasteiger partial charge in [0.25, 0.3) is 0 Å². The van der Waals surface area contributed by atoms with Crippen molar-refractivity contribution in [3.8, 4) is 0 Å². The second kappa shape index (κ2) is 8.85. The molecule has 7 nitrogen and oxygen atoms in total. The lowest BCUT2D eigenvalue weighted by Gasteiger charge is -2.22. The average Bonchev–Trinajstić information content (AvgIpc) is 2.52. The molecular formula is C12H17ClF3N5O2. The van der Waals surface area contributed by atoms with E-state index in [9.17, 15) is 18.0 Å². The summed E-state index contributed by atoms with van der Waals surface area (Å²) >= 11 is 0. The first-order valence-corrected chi connectivity index (χ1v) is 6.70. The maximum atomic E-state index is 12.5. The number of hydrogen-bond donors (Lipinski definition) is 3. The van der Waals surface area contributed by atoms with Gasteiger partial charge < -0.3 is 20.7 Å². The molecule has 2 heterocycles. The Morgan fingerprint density at radius 2 is 2.22 bits per heavy atom. The minimum atomic E-state index is -4.51. The molecule has 1 fully saturated rings. The number of rotatable bonds is 5. The molecular weight excluding hydrogens is 339 g/mol. The fraction of sp³-hybridized carbons (Fsp3) is 0.583. The third-order valence-corrected chi connectivity index (χ3v) is 2.89. The third kappa shape index (κ3) is 6.16. The molecule has 1 atom stereocenters. The molecule has 130 valence electrons. The van der Waals surface area contributed by atoms with E-state index >= 15 is 0 Å². The highest BCUT2D eigenvalue weighted by atomic mass is 35.5. The summed E-state index contributed by atoms with van der Waals surface area (Å²) in [5, 5.41) is 8.27. The number of hydrogen-bond acceptors (Lipinski definition) is 6. The minimum Gasteiger partial charge on any atom is -0.378 e. The summed E-state index contributed by atoms with van der Waals surface area (Å²) in [5.74, 6) is -0.352. The molecule has 1 saturated heterocycles. The van der Waals surface area contributed by atoms with Crippen LogP contribution in [0.15, 0.2) is 12.3 Å². The lowest BCUT2D eigenvalue weighted by molar-refractivity contribution is -0.141. The van der Waals surface area contributed by atoms with E-state index in [2.05, 4.69) is 25.9 Å². The Balaban J connectivity index is 0.00000264. The van der Waals surface area contributed by atoms with Crippen molar-refractivity contribution in [1.29, 1.82) is 0 Å². The van der Waals surface area contributed by atoms with Gasteiger partial charge in [-0.05, 0) is 6.07 Å². The zero-order valence-corrected chi connectivity index (χ0v) is 12.8. The smallest absolute Gasteiger partial charge is 0.378 e. The van der Waals surface area contributed by atoms with Gasteiger partial charge in [0.1, 0.15) is 11.7 Å². The Bertz CT molecular complexity index is 512. The number of alkyl halides is 3. The van der Waals surface area contributed by atoms with E-state index in [1.54, 1.807) is 0 Å². The van der Waals surface area contributed by atoms with Crippen LogP contribution in [0.2, 0.25) is 0 Å². The van der Waals surface area contributed by atoms with Crippen LogP contribution in [0.1, 0.15) is 5.69 Å². The van der Waals surface area contributed by atoms with Crippen LogP contribution in [0.25, 0.3) is 0 Å². The molecule has 0 bridgehead atoms. The monoisotopic (exact) mass is 355 g/mol. The maximum Gasteiger partial charge on any atom is 0.433 e. The minimum absolute atomic E-state index is 0. The number of carbonyl (C=O) groups is 1. The highest BCUT2D eigenvalue weighted by molar-refractivity contribution is 5.85. The van der Waals surface area contributed by atoms with E-state index < -0.39 is 17.9 Å². The van der Waals surface area contributed by atoms with E-state index in [-0.39, 0.29) is 37.4 Å². The lowest BCUT2D eigenvalue weighted by Crippen LogP contribution is -2.51. The molecule has 23 heavy (non-hydrogen) atoms. The van der Waals surface area contributed by atoms with Gasteiger partial charge in [-0.3, -0.25) is 4.79 Å². The van der Waals surface area contributed by atoms with Gasteiger partial charge in [-0.1, -0.05) is 0 Å². The van der Waals surface area contributed by atoms with Crippen molar-refractivity contribution in [2.75, 3.05) is 38.2 Å². The molecule has 11 heteroatoms. The summed E-state index contributed by atoms with van der Waals surface area (Å²) in [7, 11) is 0. The summed E-state index contributed by atoms with van der Waals surface area (Å²) in [6.45, 7) is 1.92. The molecule has 1 aromatic heterocycles.